The molecular weight excluding hydrogens is 220 g/mol. The molecular formula is C13H17ClN2. The van der Waals surface area contributed by atoms with Gasteiger partial charge < -0.3 is 10.6 Å². The molecule has 0 aliphatic carbocycles. The lowest BCUT2D eigenvalue weighted by atomic mass is 10.2. The van der Waals surface area contributed by atoms with Gasteiger partial charge in [0, 0.05) is 12.2 Å². The number of rotatable bonds is 4. The summed E-state index contributed by atoms with van der Waals surface area (Å²) in [5.74, 6) is 5.96. The molecule has 0 saturated heterocycles. The molecule has 0 heterocycles. The van der Waals surface area contributed by atoms with E-state index < -0.39 is 0 Å². The summed E-state index contributed by atoms with van der Waals surface area (Å²) in [5, 5.41) is 0.686. The number of nitrogen functional groups attached to an aromatic ring is 1. The van der Waals surface area contributed by atoms with Crippen molar-refractivity contribution in [1.29, 1.82) is 0 Å². The average Bonchev–Trinajstić information content (AvgIpc) is 2.25. The maximum absolute atomic E-state index is 6.17. The van der Waals surface area contributed by atoms with Crippen LogP contribution >= 0.6 is 11.6 Å². The van der Waals surface area contributed by atoms with Crippen LogP contribution in [0.1, 0.15) is 20.3 Å². The first-order valence-electron chi connectivity index (χ1n) is 5.38. The predicted molar refractivity (Wildman–Crippen MR) is 71.8 cm³/mol. The van der Waals surface area contributed by atoms with Crippen LogP contribution in [0, 0.1) is 11.8 Å². The molecule has 2 N–H and O–H groups in total. The molecule has 0 aliphatic heterocycles. The van der Waals surface area contributed by atoms with Gasteiger partial charge in [0.05, 0.1) is 17.3 Å². The van der Waals surface area contributed by atoms with E-state index in [0.29, 0.717) is 17.3 Å². The van der Waals surface area contributed by atoms with Crippen LogP contribution in [0.2, 0.25) is 5.02 Å². The lowest BCUT2D eigenvalue weighted by molar-refractivity contribution is 0.823. The van der Waals surface area contributed by atoms with Crippen molar-refractivity contribution in [3.63, 3.8) is 0 Å². The molecule has 0 aromatic heterocycles. The lowest BCUT2D eigenvalue weighted by Gasteiger charge is -2.23. The number of hydrogen-bond acceptors (Lipinski definition) is 2. The van der Waals surface area contributed by atoms with E-state index in [4.69, 9.17) is 17.3 Å². The fraction of sp³-hybridized carbons (Fsp3) is 0.385. The summed E-state index contributed by atoms with van der Waals surface area (Å²) in [4.78, 5) is 2.16. The molecule has 16 heavy (non-hydrogen) atoms. The van der Waals surface area contributed by atoms with Crippen molar-refractivity contribution in [3.05, 3.63) is 23.2 Å². The van der Waals surface area contributed by atoms with Crippen molar-refractivity contribution < 1.29 is 0 Å². The van der Waals surface area contributed by atoms with Gasteiger partial charge >= 0.3 is 0 Å². The lowest BCUT2D eigenvalue weighted by Crippen LogP contribution is -2.24. The minimum Gasteiger partial charge on any atom is -0.399 e. The normalized spacial score (nSPS) is 9.44. The van der Waals surface area contributed by atoms with Crippen LogP contribution in [0.25, 0.3) is 0 Å². The second-order valence-corrected chi connectivity index (χ2v) is 3.97. The van der Waals surface area contributed by atoms with Gasteiger partial charge in [-0.25, -0.2) is 0 Å². The Morgan fingerprint density at radius 3 is 2.75 bits per heavy atom. The van der Waals surface area contributed by atoms with Crippen molar-refractivity contribution >= 4 is 23.0 Å². The molecule has 3 heteroatoms. The molecule has 0 amide bonds. The molecule has 0 atom stereocenters. The van der Waals surface area contributed by atoms with Crippen molar-refractivity contribution in [2.75, 3.05) is 23.7 Å². The van der Waals surface area contributed by atoms with Crippen LogP contribution < -0.4 is 10.6 Å². The first-order chi connectivity index (χ1) is 7.69. The molecule has 1 rings (SSSR count). The molecule has 1 aromatic rings. The Hall–Kier alpha value is -1.33. The number of benzene rings is 1. The highest BCUT2D eigenvalue weighted by atomic mass is 35.5. The number of nitrogens with zero attached hydrogens (tertiary/aromatic N) is 1. The third kappa shape index (κ3) is 3.36. The Morgan fingerprint density at radius 2 is 2.19 bits per heavy atom. The zero-order valence-electron chi connectivity index (χ0n) is 9.76. The monoisotopic (exact) mass is 236 g/mol. The third-order valence-electron chi connectivity index (χ3n) is 2.25. The summed E-state index contributed by atoms with van der Waals surface area (Å²) >= 11 is 6.17. The van der Waals surface area contributed by atoms with Gasteiger partial charge in [0.25, 0.3) is 0 Å². The van der Waals surface area contributed by atoms with Gasteiger partial charge in [-0.05, 0) is 31.5 Å². The van der Waals surface area contributed by atoms with E-state index in [0.717, 1.165) is 18.7 Å². The largest absolute Gasteiger partial charge is 0.399 e. The molecule has 2 nitrogen and oxygen atoms in total. The molecule has 1 aromatic carbocycles. The molecule has 86 valence electrons. The van der Waals surface area contributed by atoms with Crippen LogP contribution in [0.4, 0.5) is 11.4 Å². The zero-order valence-corrected chi connectivity index (χ0v) is 10.5. The van der Waals surface area contributed by atoms with Gasteiger partial charge in [-0.2, -0.15) is 0 Å². The van der Waals surface area contributed by atoms with Crippen LogP contribution in [0.3, 0.4) is 0 Å². The molecule has 0 radical (unpaired) electrons. The number of hydrogen-bond donors (Lipinski definition) is 1. The van der Waals surface area contributed by atoms with E-state index in [1.165, 1.54) is 0 Å². The van der Waals surface area contributed by atoms with Crippen LogP contribution in [0.15, 0.2) is 18.2 Å². The van der Waals surface area contributed by atoms with Gasteiger partial charge in [-0.3, -0.25) is 0 Å². The summed E-state index contributed by atoms with van der Waals surface area (Å²) in [5.41, 5.74) is 7.36. The van der Waals surface area contributed by atoms with E-state index >= 15 is 0 Å². The molecule has 0 bridgehead atoms. The van der Waals surface area contributed by atoms with Crippen molar-refractivity contribution in [2.24, 2.45) is 0 Å². The Balaban J connectivity index is 2.94. The van der Waals surface area contributed by atoms with E-state index in [-0.39, 0.29) is 0 Å². The van der Waals surface area contributed by atoms with E-state index in [2.05, 4.69) is 23.7 Å². The summed E-state index contributed by atoms with van der Waals surface area (Å²) in [6.07, 6.45) is 1.06. The van der Waals surface area contributed by atoms with Gasteiger partial charge in [0.15, 0.2) is 0 Å². The number of anilines is 2. The smallest absolute Gasteiger partial charge is 0.0794 e. The van der Waals surface area contributed by atoms with E-state index in [1.54, 1.807) is 6.07 Å². The van der Waals surface area contributed by atoms with Crippen molar-refractivity contribution in [2.45, 2.75) is 20.3 Å². The average molecular weight is 237 g/mol. The highest BCUT2D eigenvalue weighted by Gasteiger charge is 2.08. The Bertz CT molecular complexity index is 404. The fourth-order valence-corrected chi connectivity index (χ4v) is 1.82. The van der Waals surface area contributed by atoms with Gasteiger partial charge in [0.2, 0.25) is 0 Å². The Morgan fingerprint density at radius 1 is 1.44 bits per heavy atom. The van der Waals surface area contributed by atoms with Crippen LogP contribution in [-0.2, 0) is 0 Å². The second kappa shape index (κ2) is 6.30. The van der Waals surface area contributed by atoms with E-state index in [1.807, 2.05) is 19.1 Å². The topological polar surface area (TPSA) is 29.3 Å². The minimum atomic E-state index is 0.686. The summed E-state index contributed by atoms with van der Waals surface area (Å²) in [6, 6.07) is 5.59. The first kappa shape index (κ1) is 12.7. The molecule has 0 fully saturated rings. The highest BCUT2D eigenvalue weighted by molar-refractivity contribution is 6.33. The van der Waals surface area contributed by atoms with E-state index in [9.17, 15) is 0 Å². The number of halogens is 1. The molecule has 0 unspecified atom stereocenters. The quantitative estimate of drug-likeness (QED) is 0.643. The standard InChI is InChI=1S/C13H17ClN2/c1-3-5-9-16(8-4-2)13-7-6-11(15)10-12(13)14/h6-7,10H,4,8-9,15H2,1-2H3. The van der Waals surface area contributed by atoms with Crippen LogP contribution in [-0.4, -0.2) is 13.1 Å². The SMILES string of the molecule is CC#CCN(CCC)c1ccc(N)cc1Cl. The Kier molecular flexibility index (Phi) is 5.01. The third-order valence-corrected chi connectivity index (χ3v) is 2.56. The van der Waals surface area contributed by atoms with Crippen LogP contribution in [0.5, 0.6) is 0 Å². The van der Waals surface area contributed by atoms with Crippen molar-refractivity contribution in [3.8, 4) is 11.8 Å². The maximum atomic E-state index is 6.17. The maximum Gasteiger partial charge on any atom is 0.0794 e. The minimum absolute atomic E-state index is 0.686. The predicted octanol–water partition coefficient (Wildman–Crippen LogP) is 3.16. The first-order valence-corrected chi connectivity index (χ1v) is 5.76. The fourth-order valence-electron chi connectivity index (χ4n) is 1.51. The summed E-state index contributed by atoms with van der Waals surface area (Å²) in [6.45, 7) is 5.62. The molecule has 0 aliphatic rings. The van der Waals surface area contributed by atoms with Crippen molar-refractivity contribution in [1.82, 2.24) is 0 Å². The molecule has 0 spiro atoms. The zero-order chi connectivity index (χ0) is 12.0. The Labute approximate surface area is 102 Å². The highest BCUT2D eigenvalue weighted by Crippen LogP contribution is 2.27. The van der Waals surface area contributed by atoms with Gasteiger partial charge in [-0.1, -0.05) is 24.4 Å². The van der Waals surface area contributed by atoms with Gasteiger partial charge in [-0.15, -0.1) is 5.92 Å². The van der Waals surface area contributed by atoms with Gasteiger partial charge in [0.1, 0.15) is 0 Å². The summed E-state index contributed by atoms with van der Waals surface area (Å²) < 4.78 is 0. The summed E-state index contributed by atoms with van der Waals surface area (Å²) in [7, 11) is 0. The number of nitrogens with two attached hydrogens (primary N) is 1. The second-order valence-electron chi connectivity index (χ2n) is 3.56. The molecule has 0 saturated carbocycles.